The SMILES string of the molecule is C=CC(=O)Nc1ccc(CC(=O)N2CCCC(S(C)(=O)=O)C2)cc1. The molecule has 1 fully saturated rings. The minimum absolute atomic E-state index is 0.0776. The van der Waals surface area contributed by atoms with Crippen LogP contribution in [-0.4, -0.2) is 49.7 Å². The van der Waals surface area contributed by atoms with Crippen LogP contribution >= 0.6 is 0 Å². The van der Waals surface area contributed by atoms with Crippen molar-refractivity contribution < 1.29 is 18.0 Å². The molecule has 6 nitrogen and oxygen atoms in total. The van der Waals surface area contributed by atoms with Crippen LogP contribution in [0.25, 0.3) is 0 Å². The van der Waals surface area contributed by atoms with E-state index < -0.39 is 15.1 Å². The summed E-state index contributed by atoms with van der Waals surface area (Å²) in [6.07, 6.45) is 3.94. The average molecular weight is 350 g/mol. The molecule has 1 atom stereocenters. The van der Waals surface area contributed by atoms with Gasteiger partial charge in [-0.25, -0.2) is 8.42 Å². The van der Waals surface area contributed by atoms with Crippen LogP contribution in [-0.2, 0) is 25.8 Å². The van der Waals surface area contributed by atoms with Crippen molar-refractivity contribution in [3.05, 3.63) is 42.5 Å². The molecule has 1 unspecified atom stereocenters. The number of benzene rings is 1. The fourth-order valence-electron chi connectivity index (χ4n) is 2.70. The Morgan fingerprint density at radius 3 is 2.58 bits per heavy atom. The van der Waals surface area contributed by atoms with Crippen LogP contribution in [0.4, 0.5) is 5.69 Å². The van der Waals surface area contributed by atoms with E-state index in [0.717, 1.165) is 5.56 Å². The number of anilines is 1. The smallest absolute Gasteiger partial charge is 0.247 e. The van der Waals surface area contributed by atoms with Gasteiger partial charge in [-0.15, -0.1) is 0 Å². The van der Waals surface area contributed by atoms with Gasteiger partial charge in [0.25, 0.3) is 0 Å². The first-order valence-electron chi connectivity index (χ1n) is 7.78. The van der Waals surface area contributed by atoms with E-state index in [1.165, 1.54) is 12.3 Å². The Kier molecular flexibility index (Phi) is 5.77. The second-order valence-electron chi connectivity index (χ2n) is 6.00. The van der Waals surface area contributed by atoms with Gasteiger partial charge >= 0.3 is 0 Å². The number of nitrogens with zero attached hydrogens (tertiary/aromatic N) is 1. The van der Waals surface area contributed by atoms with Crippen molar-refractivity contribution in [3.63, 3.8) is 0 Å². The molecule has 2 rings (SSSR count). The quantitative estimate of drug-likeness (QED) is 0.814. The lowest BCUT2D eigenvalue weighted by atomic mass is 10.1. The Balaban J connectivity index is 1.96. The van der Waals surface area contributed by atoms with E-state index in [-0.39, 0.29) is 24.8 Å². The summed E-state index contributed by atoms with van der Waals surface area (Å²) in [5.74, 6) is -0.370. The molecule has 2 amide bonds. The summed E-state index contributed by atoms with van der Waals surface area (Å²) in [6, 6.07) is 6.99. The van der Waals surface area contributed by atoms with Gasteiger partial charge in [0.1, 0.15) is 0 Å². The number of hydrogen-bond acceptors (Lipinski definition) is 4. The zero-order valence-electron chi connectivity index (χ0n) is 13.7. The number of carbonyl (C=O) groups excluding carboxylic acids is 2. The Bertz CT molecular complexity index is 725. The minimum Gasteiger partial charge on any atom is -0.341 e. The standard InChI is InChI=1S/C17H22N2O4S/c1-3-16(20)18-14-8-6-13(7-9-14)11-17(21)19-10-4-5-15(12-19)24(2,22)23/h3,6-9,15H,1,4-5,10-12H2,2H3,(H,18,20). The molecule has 1 heterocycles. The lowest BCUT2D eigenvalue weighted by Crippen LogP contribution is -2.45. The highest BCUT2D eigenvalue weighted by Gasteiger charge is 2.29. The second-order valence-corrected chi connectivity index (χ2v) is 8.33. The maximum atomic E-state index is 12.4. The lowest BCUT2D eigenvalue weighted by molar-refractivity contribution is -0.131. The molecule has 130 valence electrons. The molecule has 1 aliphatic heterocycles. The van der Waals surface area contributed by atoms with Crippen LogP contribution in [0.5, 0.6) is 0 Å². The predicted molar refractivity (Wildman–Crippen MR) is 93.4 cm³/mol. The number of sulfone groups is 1. The van der Waals surface area contributed by atoms with Crippen molar-refractivity contribution in [2.75, 3.05) is 24.7 Å². The summed E-state index contributed by atoms with van der Waals surface area (Å²) in [7, 11) is -3.13. The van der Waals surface area contributed by atoms with Gasteiger partial charge in [-0.1, -0.05) is 18.7 Å². The van der Waals surface area contributed by atoms with Crippen molar-refractivity contribution in [1.82, 2.24) is 4.90 Å². The number of amides is 2. The van der Waals surface area contributed by atoms with E-state index in [1.807, 2.05) is 0 Å². The van der Waals surface area contributed by atoms with Gasteiger partial charge in [0.15, 0.2) is 9.84 Å². The molecule has 1 aromatic carbocycles. The Hall–Kier alpha value is -2.15. The van der Waals surface area contributed by atoms with E-state index in [4.69, 9.17) is 0 Å². The molecule has 0 bridgehead atoms. The molecule has 1 saturated heterocycles. The molecular formula is C17H22N2O4S. The van der Waals surface area contributed by atoms with Gasteiger partial charge in [-0.05, 0) is 36.6 Å². The monoisotopic (exact) mass is 350 g/mol. The van der Waals surface area contributed by atoms with Crippen molar-refractivity contribution in [3.8, 4) is 0 Å². The highest BCUT2D eigenvalue weighted by atomic mass is 32.2. The number of likely N-dealkylation sites (tertiary alicyclic amines) is 1. The first kappa shape index (κ1) is 18.2. The average Bonchev–Trinajstić information content (AvgIpc) is 2.56. The van der Waals surface area contributed by atoms with Crippen LogP contribution in [0.15, 0.2) is 36.9 Å². The second kappa shape index (κ2) is 7.61. The van der Waals surface area contributed by atoms with Gasteiger partial charge in [0, 0.05) is 25.0 Å². The molecule has 1 aromatic rings. The third kappa shape index (κ3) is 4.92. The van der Waals surface area contributed by atoms with Gasteiger partial charge in [-0.3, -0.25) is 9.59 Å². The summed E-state index contributed by atoms with van der Waals surface area (Å²) in [4.78, 5) is 25.2. The molecule has 0 saturated carbocycles. The van der Waals surface area contributed by atoms with Crippen LogP contribution < -0.4 is 5.32 Å². The summed E-state index contributed by atoms with van der Waals surface area (Å²) >= 11 is 0. The first-order valence-corrected chi connectivity index (χ1v) is 9.74. The maximum absolute atomic E-state index is 12.4. The van der Waals surface area contributed by atoms with E-state index in [0.29, 0.717) is 25.1 Å². The molecule has 1 aliphatic rings. The van der Waals surface area contributed by atoms with Gasteiger partial charge in [0.05, 0.1) is 11.7 Å². The topological polar surface area (TPSA) is 83.6 Å². The first-order chi connectivity index (χ1) is 11.3. The van der Waals surface area contributed by atoms with Crippen LogP contribution in [0.2, 0.25) is 0 Å². The minimum atomic E-state index is -3.13. The molecule has 0 aromatic heterocycles. The Labute approximate surface area is 142 Å². The molecule has 0 aliphatic carbocycles. The molecule has 24 heavy (non-hydrogen) atoms. The zero-order chi connectivity index (χ0) is 17.7. The number of nitrogens with one attached hydrogen (secondary N) is 1. The fourth-order valence-corrected chi connectivity index (χ4v) is 3.75. The number of hydrogen-bond donors (Lipinski definition) is 1. The zero-order valence-corrected chi connectivity index (χ0v) is 14.5. The normalized spacial score (nSPS) is 18.0. The summed E-state index contributed by atoms with van der Waals surface area (Å²) in [5, 5.41) is 2.17. The van der Waals surface area contributed by atoms with Gasteiger partial charge < -0.3 is 10.2 Å². The number of piperidine rings is 1. The van der Waals surface area contributed by atoms with Crippen molar-refractivity contribution in [2.45, 2.75) is 24.5 Å². The summed E-state index contributed by atoms with van der Waals surface area (Å²) in [6.45, 7) is 4.25. The highest BCUT2D eigenvalue weighted by Crippen LogP contribution is 2.18. The molecule has 7 heteroatoms. The third-order valence-corrected chi connectivity index (χ3v) is 5.69. The van der Waals surface area contributed by atoms with Crippen LogP contribution in [0, 0.1) is 0 Å². The van der Waals surface area contributed by atoms with Crippen molar-refractivity contribution in [1.29, 1.82) is 0 Å². The largest absolute Gasteiger partial charge is 0.341 e. The van der Waals surface area contributed by atoms with Gasteiger partial charge in [0.2, 0.25) is 11.8 Å². The van der Waals surface area contributed by atoms with Crippen LogP contribution in [0.1, 0.15) is 18.4 Å². The molecule has 0 radical (unpaired) electrons. The summed E-state index contributed by atoms with van der Waals surface area (Å²) < 4.78 is 23.4. The van der Waals surface area contributed by atoms with Crippen molar-refractivity contribution in [2.24, 2.45) is 0 Å². The molecule has 1 N–H and O–H groups in total. The molecular weight excluding hydrogens is 328 g/mol. The van der Waals surface area contributed by atoms with Gasteiger partial charge in [-0.2, -0.15) is 0 Å². The van der Waals surface area contributed by atoms with Crippen molar-refractivity contribution >= 4 is 27.3 Å². The Morgan fingerprint density at radius 2 is 2.00 bits per heavy atom. The number of carbonyl (C=O) groups is 2. The Morgan fingerprint density at radius 1 is 1.33 bits per heavy atom. The van der Waals surface area contributed by atoms with E-state index >= 15 is 0 Å². The number of rotatable bonds is 5. The maximum Gasteiger partial charge on any atom is 0.247 e. The van der Waals surface area contributed by atoms with E-state index in [9.17, 15) is 18.0 Å². The lowest BCUT2D eigenvalue weighted by Gasteiger charge is -2.31. The fraction of sp³-hybridized carbons (Fsp3) is 0.412. The predicted octanol–water partition coefficient (Wildman–Crippen LogP) is 1.39. The summed E-state index contributed by atoms with van der Waals surface area (Å²) in [5.41, 5.74) is 1.45. The van der Waals surface area contributed by atoms with E-state index in [2.05, 4.69) is 11.9 Å². The highest BCUT2D eigenvalue weighted by molar-refractivity contribution is 7.91. The molecule has 0 spiro atoms. The van der Waals surface area contributed by atoms with Crippen LogP contribution in [0.3, 0.4) is 0 Å². The third-order valence-electron chi connectivity index (χ3n) is 4.10. The van der Waals surface area contributed by atoms with E-state index in [1.54, 1.807) is 29.2 Å².